The maximum atomic E-state index is 12.5. The number of anilines is 1. The highest BCUT2D eigenvalue weighted by Gasteiger charge is 2.18. The van der Waals surface area contributed by atoms with Gasteiger partial charge >= 0.3 is 0 Å². The number of para-hydroxylation sites is 2. The predicted molar refractivity (Wildman–Crippen MR) is 145 cm³/mol. The predicted octanol–water partition coefficient (Wildman–Crippen LogP) is 3.32. The molecule has 5 rings (SSSR count). The average molecular weight is 497 g/mol. The van der Waals surface area contributed by atoms with Crippen LogP contribution in [0.5, 0.6) is 0 Å². The normalized spacial score (nSPS) is 14.0. The Morgan fingerprint density at radius 1 is 0.811 bits per heavy atom. The molecule has 1 aliphatic heterocycles. The number of nitrogens with one attached hydrogen (secondary N) is 3. The number of benzene rings is 3. The summed E-state index contributed by atoms with van der Waals surface area (Å²) < 4.78 is 0. The smallest absolute Gasteiger partial charge is 0.272 e. The van der Waals surface area contributed by atoms with Crippen molar-refractivity contribution in [2.24, 2.45) is 0 Å². The number of carbonyl (C=O) groups is 2. The van der Waals surface area contributed by atoms with Gasteiger partial charge in [-0.15, -0.1) is 0 Å². The lowest BCUT2D eigenvalue weighted by Gasteiger charge is -2.36. The van der Waals surface area contributed by atoms with Crippen molar-refractivity contribution in [2.75, 3.05) is 37.6 Å². The maximum Gasteiger partial charge on any atom is 0.272 e. The van der Waals surface area contributed by atoms with Gasteiger partial charge in [-0.1, -0.05) is 60.7 Å². The topological polar surface area (TPSA) is 93.4 Å². The number of carbonyl (C=O) groups excluding carboxylic acids is 2. The molecule has 1 aromatic heterocycles. The number of fused-ring (bicyclic) bond motifs is 1. The van der Waals surface area contributed by atoms with Gasteiger partial charge in [-0.2, -0.15) is 5.10 Å². The largest absolute Gasteiger partial charge is 0.369 e. The number of hydrogen-bond acceptors (Lipinski definition) is 5. The number of aromatic amines is 1. The highest BCUT2D eigenvalue weighted by Crippen LogP contribution is 2.18. The molecule has 3 aromatic carbocycles. The van der Waals surface area contributed by atoms with Crippen molar-refractivity contribution in [3.63, 3.8) is 0 Å². The number of aromatic nitrogens is 2. The zero-order valence-corrected chi connectivity index (χ0v) is 20.8. The molecule has 8 nitrogen and oxygen atoms in total. The Morgan fingerprint density at radius 2 is 1.51 bits per heavy atom. The van der Waals surface area contributed by atoms with Crippen molar-refractivity contribution < 1.29 is 9.59 Å². The van der Waals surface area contributed by atoms with E-state index in [0.717, 1.165) is 49.2 Å². The van der Waals surface area contributed by atoms with Crippen LogP contribution in [0.15, 0.2) is 78.9 Å². The molecule has 0 atom stereocenters. The Bertz CT molecular complexity index is 1340. The van der Waals surface area contributed by atoms with Crippen LogP contribution in [0.2, 0.25) is 0 Å². The van der Waals surface area contributed by atoms with Crippen LogP contribution in [0.3, 0.4) is 0 Å². The fourth-order valence-electron chi connectivity index (χ4n) is 4.72. The molecule has 0 bridgehead atoms. The molecule has 1 aliphatic rings. The van der Waals surface area contributed by atoms with Gasteiger partial charge in [0, 0.05) is 63.3 Å². The molecular formula is C29H32N6O2. The summed E-state index contributed by atoms with van der Waals surface area (Å²) >= 11 is 0. The number of nitrogens with zero attached hydrogens (tertiary/aromatic N) is 3. The highest BCUT2D eigenvalue weighted by molar-refractivity contribution is 6.04. The Balaban J connectivity index is 1.07. The third-order valence-corrected chi connectivity index (χ3v) is 6.81. The molecule has 1 fully saturated rings. The molecule has 2 amide bonds. The Morgan fingerprint density at radius 3 is 2.32 bits per heavy atom. The Labute approximate surface area is 216 Å². The van der Waals surface area contributed by atoms with Gasteiger partial charge in [-0.25, -0.2) is 0 Å². The second kappa shape index (κ2) is 11.7. The van der Waals surface area contributed by atoms with Crippen LogP contribution >= 0.6 is 0 Å². The van der Waals surface area contributed by atoms with E-state index in [1.807, 2.05) is 36.4 Å². The summed E-state index contributed by atoms with van der Waals surface area (Å²) in [6.07, 6.45) is 0.206. The number of H-pyrrole nitrogens is 1. The molecule has 4 aromatic rings. The van der Waals surface area contributed by atoms with E-state index < -0.39 is 0 Å². The number of piperazine rings is 1. The molecule has 0 spiro atoms. The maximum absolute atomic E-state index is 12.5. The van der Waals surface area contributed by atoms with Crippen molar-refractivity contribution in [3.8, 4) is 0 Å². The molecule has 0 radical (unpaired) electrons. The lowest BCUT2D eigenvalue weighted by Crippen LogP contribution is -2.46. The van der Waals surface area contributed by atoms with E-state index in [-0.39, 0.29) is 24.8 Å². The SMILES string of the molecule is O=C(CCNC(=O)c1n[nH]c2ccccc12)NCc1ccccc1CN1CCN(c2ccccc2)CC1. The van der Waals surface area contributed by atoms with Crippen LogP contribution in [0.4, 0.5) is 5.69 Å². The van der Waals surface area contributed by atoms with Gasteiger partial charge in [-0.05, 0) is 29.3 Å². The van der Waals surface area contributed by atoms with Gasteiger partial charge in [0.1, 0.15) is 0 Å². The quantitative estimate of drug-likeness (QED) is 0.331. The molecule has 8 heteroatoms. The third-order valence-electron chi connectivity index (χ3n) is 6.81. The summed E-state index contributed by atoms with van der Waals surface area (Å²) in [6, 6.07) is 26.3. The van der Waals surface area contributed by atoms with Crippen LogP contribution in [-0.4, -0.2) is 59.6 Å². The Hall–Kier alpha value is -4.17. The molecule has 190 valence electrons. The highest BCUT2D eigenvalue weighted by atomic mass is 16.2. The zero-order chi connectivity index (χ0) is 25.5. The van der Waals surface area contributed by atoms with E-state index in [2.05, 4.69) is 73.1 Å². The number of rotatable bonds is 9. The van der Waals surface area contributed by atoms with Gasteiger partial charge in [0.25, 0.3) is 5.91 Å². The van der Waals surface area contributed by atoms with Gasteiger partial charge in [0.15, 0.2) is 5.69 Å². The van der Waals surface area contributed by atoms with Crippen molar-refractivity contribution in [1.29, 1.82) is 0 Å². The molecular weight excluding hydrogens is 464 g/mol. The summed E-state index contributed by atoms with van der Waals surface area (Å²) in [6.45, 7) is 5.59. The first-order valence-electron chi connectivity index (χ1n) is 12.7. The second-order valence-electron chi connectivity index (χ2n) is 9.27. The van der Waals surface area contributed by atoms with Crippen LogP contribution in [0.25, 0.3) is 10.9 Å². The van der Waals surface area contributed by atoms with E-state index in [9.17, 15) is 9.59 Å². The summed E-state index contributed by atoms with van der Waals surface area (Å²) in [4.78, 5) is 29.8. The van der Waals surface area contributed by atoms with Crippen LogP contribution in [0.1, 0.15) is 28.0 Å². The van der Waals surface area contributed by atoms with Crippen molar-refractivity contribution >= 4 is 28.4 Å². The summed E-state index contributed by atoms with van der Waals surface area (Å²) in [7, 11) is 0. The standard InChI is InChI=1S/C29H32N6O2/c36-27(14-15-30-29(37)28-25-12-6-7-13-26(25)32-33-28)31-20-22-8-4-5-9-23(22)21-34-16-18-35(19-17-34)24-10-2-1-3-11-24/h1-13H,14-21H2,(H,30,37)(H,31,36)(H,32,33). The van der Waals surface area contributed by atoms with Crippen molar-refractivity contribution in [2.45, 2.75) is 19.5 Å². The minimum absolute atomic E-state index is 0.0986. The van der Waals surface area contributed by atoms with Gasteiger partial charge < -0.3 is 15.5 Å². The van der Waals surface area contributed by atoms with Crippen molar-refractivity contribution in [3.05, 3.63) is 95.7 Å². The minimum atomic E-state index is -0.289. The first kappa shape index (κ1) is 24.5. The van der Waals surface area contributed by atoms with E-state index >= 15 is 0 Å². The first-order valence-corrected chi connectivity index (χ1v) is 12.7. The molecule has 0 saturated carbocycles. The summed E-state index contributed by atoms with van der Waals surface area (Å²) in [5.41, 5.74) is 4.78. The van der Waals surface area contributed by atoms with Crippen LogP contribution in [0, 0.1) is 0 Å². The van der Waals surface area contributed by atoms with E-state index in [0.29, 0.717) is 12.2 Å². The lowest BCUT2D eigenvalue weighted by molar-refractivity contribution is -0.121. The average Bonchev–Trinajstić information content (AvgIpc) is 3.38. The first-order chi connectivity index (χ1) is 18.2. The van der Waals surface area contributed by atoms with E-state index in [1.54, 1.807) is 0 Å². The van der Waals surface area contributed by atoms with Crippen molar-refractivity contribution in [1.82, 2.24) is 25.7 Å². The third kappa shape index (κ3) is 6.16. The Kier molecular flexibility index (Phi) is 7.76. The van der Waals surface area contributed by atoms with E-state index in [4.69, 9.17) is 0 Å². The molecule has 0 aliphatic carbocycles. The zero-order valence-electron chi connectivity index (χ0n) is 20.8. The minimum Gasteiger partial charge on any atom is -0.369 e. The summed E-state index contributed by atoms with van der Waals surface area (Å²) in [5, 5.41) is 13.5. The van der Waals surface area contributed by atoms with E-state index in [1.165, 1.54) is 11.3 Å². The number of hydrogen-bond donors (Lipinski definition) is 3. The molecule has 1 saturated heterocycles. The number of amides is 2. The molecule has 2 heterocycles. The fraction of sp³-hybridized carbons (Fsp3) is 0.276. The van der Waals surface area contributed by atoms with Gasteiger partial charge in [-0.3, -0.25) is 19.6 Å². The molecule has 3 N–H and O–H groups in total. The summed E-state index contributed by atoms with van der Waals surface area (Å²) in [5.74, 6) is -0.388. The van der Waals surface area contributed by atoms with Crippen LogP contribution < -0.4 is 15.5 Å². The molecule has 37 heavy (non-hydrogen) atoms. The lowest BCUT2D eigenvalue weighted by atomic mass is 10.1. The monoisotopic (exact) mass is 496 g/mol. The van der Waals surface area contributed by atoms with Crippen LogP contribution in [-0.2, 0) is 17.9 Å². The molecule has 0 unspecified atom stereocenters. The fourth-order valence-corrected chi connectivity index (χ4v) is 4.72. The van der Waals surface area contributed by atoms with Gasteiger partial charge in [0.05, 0.1) is 5.52 Å². The second-order valence-corrected chi connectivity index (χ2v) is 9.27. The van der Waals surface area contributed by atoms with Gasteiger partial charge in [0.2, 0.25) is 5.91 Å².